The van der Waals surface area contributed by atoms with Gasteiger partial charge < -0.3 is 10.1 Å². The van der Waals surface area contributed by atoms with Crippen molar-refractivity contribution in [2.45, 2.75) is 31.1 Å². The molecule has 0 saturated carbocycles. The van der Waals surface area contributed by atoms with E-state index in [2.05, 4.69) is 42.0 Å². The zero-order valence-electron chi connectivity index (χ0n) is 19.3. The van der Waals surface area contributed by atoms with Crippen molar-refractivity contribution >= 4 is 37.5 Å². The normalized spacial score (nSPS) is 14.2. The Hall–Kier alpha value is -2.84. The minimum atomic E-state index is -3.87. The van der Waals surface area contributed by atoms with E-state index in [-0.39, 0.29) is 30.0 Å². The van der Waals surface area contributed by atoms with Crippen molar-refractivity contribution in [2.24, 2.45) is 0 Å². The molecule has 0 atom stereocenters. The van der Waals surface area contributed by atoms with E-state index in [0.717, 1.165) is 15.8 Å². The van der Waals surface area contributed by atoms with Gasteiger partial charge in [-0.05, 0) is 47.4 Å². The second-order valence-electron chi connectivity index (χ2n) is 9.14. The molecule has 0 spiro atoms. The first kappa shape index (κ1) is 24.3. The van der Waals surface area contributed by atoms with Crippen LogP contribution in [0.4, 0.5) is 5.69 Å². The Kier molecular flexibility index (Phi) is 6.73. The molecule has 1 heterocycles. The van der Waals surface area contributed by atoms with Crippen LogP contribution in [0.5, 0.6) is 5.75 Å². The molecule has 0 saturated heterocycles. The fraction of sp³-hybridized carbons (Fsp3) is 0.269. The summed E-state index contributed by atoms with van der Waals surface area (Å²) in [5.74, 6) is 0.320. The summed E-state index contributed by atoms with van der Waals surface area (Å²) in [6.07, 6.45) is 0. The topological polar surface area (TPSA) is 75.7 Å². The Morgan fingerprint density at radius 1 is 1.00 bits per heavy atom. The molecule has 0 aliphatic carbocycles. The Morgan fingerprint density at radius 3 is 2.41 bits per heavy atom. The quantitative estimate of drug-likeness (QED) is 0.438. The number of rotatable bonds is 6. The number of ether oxygens (including phenoxy) is 1. The molecule has 1 amide bonds. The van der Waals surface area contributed by atoms with E-state index in [9.17, 15) is 13.2 Å². The first-order valence-corrected chi connectivity index (χ1v) is 13.2. The number of carbonyl (C=O) groups excluding carboxylic acids is 1. The number of carbonyl (C=O) groups is 1. The van der Waals surface area contributed by atoms with Gasteiger partial charge in [0.05, 0.1) is 17.1 Å². The van der Waals surface area contributed by atoms with Crippen LogP contribution in [0, 0.1) is 0 Å². The summed E-state index contributed by atoms with van der Waals surface area (Å²) in [6.45, 7) is 6.67. The average molecular weight is 543 g/mol. The molecule has 34 heavy (non-hydrogen) atoms. The minimum Gasteiger partial charge on any atom is -0.492 e. The van der Waals surface area contributed by atoms with Gasteiger partial charge in [0.15, 0.2) is 0 Å². The van der Waals surface area contributed by atoms with Gasteiger partial charge in [0.2, 0.25) is 5.91 Å². The van der Waals surface area contributed by atoms with Gasteiger partial charge >= 0.3 is 0 Å². The van der Waals surface area contributed by atoms with Gasteiger partial charge in [0.1, 0.15) is 18.9 Å². The van der Waals surface area contributed by atoms with Crippen LogP contribution >= 0.6 is 15.9 Å². The lowest BCUT2D eigenvalue weighted by Crippen LogP contribution is -2.43. The molecule has 0 fully saturated rings. The maximum absolute atomic E-state index is 13.3. The van der Waals surface area contributed by atoms with Crippen molar-refractivity contribution in [1.29, 1.82) is 0 Å². The van der Waals surface area contributed by atoms with E-state index in [4.69, 9.17) is 4.74 Å². The number of hydrogen-bond acceptors (Lipinski definition) is 4. The summed E-state index contributed by atoms with van der Waals surface area (Å²) in [5.41, 5.74) is 3.14. The minimum absolute atomic E-state index is 0.0660. The summed E-state index contributed by atoms with van der Waals surface area (Å²) in [4.78, 5) is 12.9. The monoisotopic (exact) mass is 542 g/mol. The van der Waals surface area contributed by atoms with Crippen molar-refractivity contribution in [3.8, 4) is 16.9 Å². The van der Waals surface area contributed by atoms with Crippen LogP contribution in [-0.4, -0.2) is 34.0 Å². The summed E-state index contributed by atoms with van der Waals surface area (Å²) in [5, 5.41) is 2.76. The summed E-state index contributed by atoms with van der Waals surface area (Å²) in [6, 6.07) is 20.1. The van der Waals surface area contributed by atoms with Gasteiger partial charge in [-0.25, -0.2) is 8.42 Å². The third-order valence-electron chi connectivity index (χ3n) is 5.67. The Labute approximate surface area is 209 Å². The third kappa shape index (κ3) is 4.98. The van der Waals surface area contributed by atoms with Crippen LogP contribution in [-0.2, 0) is 20.2 Å². The maximum atomic E-state index is 13.3. The highest BCUT2D eigenvalue weighted by Gasteiger charge is 2.35. The number of hydrogen-bond donors (Lipinski definition) is 1. The summed E-state index contributed by atoms with van der Waals surface area (Å²) in [7, 11) is -3.87. The smallest absolute Gasteiger partial charge is 0.265 e. The van der Waals surface area contributed by atoms with Crippen molar-refractivity contribution in [3.05, 3.63) is 76.8 Å². The van der Waals surface area contributed by atoms with Crippen molar-refractivity contribution in [2.75, 3.05) is 24.0 Å². The molecule has 178 valence electrons. The molecule has 0 unspecified atom stereocenters. The van der Waals surface area contributed by atoms with Gasteiger partial charge in [0.25, 0.3) is 10.0 Å². The van der Waals surface area contributed by atoms with E-state index in [0.29, 0.717) is 11.3 Å². The lowest BCUT2D eigenvalue weighted by Gasteiger charge is -2.31. The van der Waals surface area contributed by atoms with E-state index in [1.54, 1.807) is 36.4 Å². The predicted octanol–water partition coefficient (Wildman–Crippen LogP) is 5.12. The molecule has 1 N–H and O–H groups in total. The number of amides is 1. The van der Waals surface area contributed by atoms with Crippen LogP contribution in [0.2, 0.25) is 0 Å². The van der Waals surface area contributed by atoms with Gasteiger partial charge in [-0.3, -0.25) is 9.10 Å². The standard InChI is InChI=1S/C26H27BrN2O4S/c1-26(2,3)18-8-11-20(12-9-18)33-15-14-28-25(30)17-29-23-13-10-19(27)16-22(23)21-6-4-5-7-24(21)34(29,31)32/h4-13,16H,14-15,17H2,1-3H3,(H,28,30). The highest BCUT2D eigenvalue weighted by atomic mass is 79.9. The molecule has 6 nitrogen and oxygen atoms in total. The second-order valence-corrected chi connectivity index (χ2v) is 11.9. The van der Waals surface area contributed by atoms with Gasteiger partial charge in [-0.1, -0.05) is 67.0 Å². The third-order valence-corrected chi connectivity index (χ3v) is 7.98. The number of benzene rings is 3. The van der Waals surface area contributed by atoms with E-state index in [1.165, 1.54) is 9.87 Å². The second kappa shape index (κ2) is 9.43. The van der Waals surface area contributed by atoms with Crippen molar-refractivity contribution in [3.63, 3.8) is 0 Å². The fourth-order valence-electron chi connectivity index (χ4n) is 3.87. The Balaban J connectivity index is 1.41. The lowest BCUT2D eigenvalue weighted by atomic mass is 9.87. The number of anilines is 1. The zero-order chi connectivity index (χ0) is 24.5. The van der Waals surface area contributed by atoms with Gasteiger partial charge in [-0.15, -0.1) is 0 Å². The van der Waals surface area contributed by atoms with Crippen molar-refractivity contribution < 1.29 is 17.9 Å². The summed E-state index contributed by atoms with van der Waals surface area (Å²) < 4.78 is 34.3. The largest absolute Gasteiger partial charge is 0.492 e. The number of sulfonamides is 1. The number of nitrogens with one attached hydrogen (secondary N) is 1. The van der Waals surface area contributed by atoms with Crippen LogP contribution in [0.1, 0.15) is 26.3 Å². The maximum Gasteiger partial charge on any atom is 0.265 e. The average Bonchev–Trinajstić information content (AvgIpc) is 2.79. The highest BCUT2D eigenvalue weighted by molar-refractivity contribution is 9.10. The molecule has 0 radical (unpaired) electrons. The SMILES string of the molecule is CC(C)(C)c1ccc(OCCNC(=O)CN2c3ccc(Br)cc3-c3ccccc3S2(=O)=O)cc1. The predicted molar refractivity (Wildman–Crippen MR) is 138 cm³/mol. The number of halogens is 1. The van der Waals surface area contributed by atoms with E-state index < -0.39 is 15.9 Å². The van der Waals surface area contributed by atoms with Crippen LogP contribution in [0.15, 0.2) is 76.1 Å². The lowest BCUT2D eigenvalue weighted by molar-refractivity contribution is -0.119. The molecule has 0 aromatic heterocycles. The summed E-state index contributed by atoms with van der Waals surface area (Å²) >= 11 is 3.46. The highest BCUT2D eigenvalue weighted by Crippen LogP contribution is 2.43. The number of fused-ring (bicyclic) bond motifs is 3. The molecule has 3 aromatic rings. The molecule has 8 heteroatoms. The molecule has 3 aromatic carbocycles. The molecule has 4 rings (SSSR count). The van der Waals surface area contributed by atoms with Gasteiger partial charge in [-0.2, -0.15) is 0 Å². The Bertz CT molecular complexity index is 1320. The number of nitrogens with zero attached hydrogens (tertiary/aromatic N) is 1. The molecule has 0 bridgehead atoms. The molecule has 1 aliphatic heterocycles. The van der Waals surface area contributed by atoms with Crippen LogP contribution < -0.4 is 14.4 Å². The van der Waals surface area contributed by atoms with Gasteiger partial charge in [0, 0.05) is 15.6 Å². The zero-order valence-corrected chi connectivity index (χ0v) is 21.7. The molecule has 1 aliphatic rings. The van der Waals surface area contributed by atoms with Crippen molar-refractivity contribution in [1.82, 2.24) is 5.32 Å². The van der Waals surface area contributed by atoms with Crippen LogP contribution in [0.3, 0.4) is 0 Å². The van der Waals surface area contributed by atoms with E-state index >= 15 is 0 Å². The Morgan fingerprint density at radius 2 is 1.71 bits per heavy atom. The van der Waals surface area contributed by atoms with E-state index in [1.807, 2.05) is 30.3 Å². The molecular weight excluding hydrogens is 516 g/mol. The van der Waals surface area contributed by atoms with Crippen LogP contribution in [0.25, 0.3) is 11.1 Å². The molecular formula is C26H27BrN2O4S. The first-order valence-electron chi connectivity index (χ1n) is 11.0. The first-order chi connectivity index (χ1) is 16.1. The fourth-order valence-corrected chi connectivity index (χ4v) is 5.88.